The summed E-state index contributed by atoms with van der Waals surface area (Å²) in [5.74, 6) is 0.792. The molecule has 3 aromatic rings. The van der Waals surface area contributed by atoms with Gasteiger partial charge in [0.15, 0.2) is 11.5 Å². The highest BCUT2D eigenvalue weighted by Crippen LogP contribution is 2.30. The van der Waals surface area contributed by atoms with Crippen molar-refractivity contribution in [2.45, 2.75) is 13.0 Å². The third-order valence-electron chi connectivity index (χ3n) is 4.01. The van der Waals surface area contributed by atoms with Crippen LogP contribution in [0.1, 0.15) is 12.5 Å². The van der Waals surface area contributed by atoms with E-state index in [2.05, 4.69) is 26.1 Å². The molecular weight excluding hydrogens is 348 g/mol. The van der Waals surface area contributed by atoms with Gasteiger partial charge in [-0.25, -0.2) is 10.1 Å². The summed E-state index contributed by atoms with van der Waals surface area (Å²) >= 11 is 0. The summed E-state index contributed by atoms with van der Waals surface area (Å²) < 4.78 is 12.8. The number of nitrogens with one attached hydrogen (secondary N) is 1. The van der Waals surface area contributed by atoms with Gasteiger partial charge >= 0.3 is 0 Å². The van der Waals surface area contributed by atoms with Crippen molar-refractivity contribution in [2.24, 2.45) is 5.10 Å². The normalized spacial score (nSPS) is 16.0. The Morgan fingerprint density at radius 1 is 1.22 bits per heavy atom. The number of amides is 1. The Morgan fingerprint density at radius 2 is 2.07 bits per heavy atom. The number of rotatable bonds is 4. The number of carbonyl (C=O) groups excluding carboxylic acids is 1. The highest BCUT2D eigenvalue weighted by Gasteiger charge is 2.27. The Kier molecular flexibility index (Phi) is 4.48. The van der Waals surface area contributed by atoms with Gasteiger partial charge in [-0.1, -0.05) is 24.3 Å². The average molecular weight is 364 g/mol. The van der Waals surface area contributed by atoms with Crippen LogP contribution in [0.15, 0.2) is 60.0 Å². The van der Waals surface area contributed by atoms with Crippen LogP contribution in [-0.2, 0) is 4.79 Å². The van der Waals surface area contributed by atoms with Gasteiger partial charge in [0.2, 0.25) is 6.10 Å². The summed E-state index contributed by atoms with van der Waals surface area (Å²) in [5, 5.41) is 15.3. The molecule has 4 rings (SSSR count). The molecule has 0 saturated heterocycles. The van der Waals surface area contributed by atoms with E-state index >= 15 is 0 Å². The quantitative estimate of drug-likeness (QED) is 0.553. The smallest absolute Gasteiger partial charge is 0.284 e. The maximum absolute atomic E-state index is 12.3. The van der Waals surface area contributed by atoms with Crippen molar-refractivity contribution in [3.63, 3.8) is 0 Å². The fourth-order valence-corrected chi connectivity index (χ4v) is 2.58. The molecule has 2 aromatic carbocycles. The molecule has 0 saturated carbocycles. The number of carbonyl (C=O) groups is 1. The van der Waals surface area contributed by atoms with Crippen LogP contribution >= 0.6 is 0 Å². The fraction of sp³-hybridized carbons (Fsp3) is 0.167. The molecule has 0 aliphatic carbocycles. The first-order valence-corrected chi connectivity index (χ1v) is 8.27. The van der Waals surface area contributed by atoms with E-state index in [9.17, 15) is 4.79 Å². The van der Waals surface area contributed by atoms with E-state index in [1.807, 2.05) is 36.4 Å². The molecule has 0 bridgehead atoms. The number of para-hydroxylation sites is 2. The van der Waals surface area contributed by atoms with Crippen LogP contribution in [0.4, 0.5) is 0 Å². The lowest BCUT2D eigenvalue weighted by molar-refractivity contribution is -0.130. The van der Waals surface area contributed by atoms with E-state index in [-0.39, 0.29) is 12.5 Å². The number of aromatic nitrogens is 4. The zero-order valence-corrected chi connectivity index (χ0v) is 14.4. The molecule has 9 heteroatoms. The molecule has 1 N–H and O–H groups in total. The summed E-state index contributed by atoms with van der Waals surface area (Å²) in [6.07, 6.45) is 0.745. The maximum Gasteiger partial charge on any atom is 0.284 e. The number of benzene rings is 2. The lowest BCUT2D eigenvalue weighted by Crippen LogP contribution is -2.42. The van der Waals surface area contributed by atoms with Crippen molar-refractivity contribution < 1.29 is 14.3 Å². The SMILES string of the molecule is C/C(=N/NC(=O)[C@H]1COc2ccccc2O1)c1cccc(-n2cnnn2)c1. The molecule has 9 nitrogen and oxygen atoms in total. The predicted octanol–water partition coefficient (Wildman–Crippen LogP) is 1.34. The van der Waals surface area contributed by atoms with Gasteiger partial charge in [-0.2, -0.15) is 5.10 Å². The van der Waals surface area contributed by atoms with Crippen molar-refractivity contribution in [1.82, 2.24) is 25.6 Å². The molecule has 2 heterocycles. The van der Waals surface area contributed by atoms with Crippen molar-refractivity contribution in [1.29, 1.82) is 0 Å². The second kappa shape index (κ2) is 7.24. The third-order valence-corrected chi connectivity index (χ3v) is 4.01. The van der Waals surface area contributed by atoms with Gasteiger partial charge in [0.25, 0.3) is 5.91 Å². The third kappa shape index (κ3) is 3.61. The lowest BCUT2D eigenvalue weighted by atomic mass is 10.1. The van der Waals surface area contributed by atoms with E-state index in [0.717, 1.165) is 11.3 Å². The van der Waals surface area contributed by atoms with E-state index in [1.54, 1.807) is 23.7 Å². The standard InChI is InChI=1S/C18H16N6O3/c1-12(13-5-4-6-14(9-13)24-11-19-22-23-24)20-21-18(25)17-10-26-15-7-2-3-8-16(15)27-17/h2-9,11,17H,10H2,1H3,(H,21,25)/b20-12-/t17-/m1/s1. The maximum atomic E-state index is 12.3. The second-order valence-corrected chi connectivity index (χ2v) is 5.84. The molecule has 0 unspecified atom stereocenters. The number of ether oxygens (including phenoxy) is 2. The highest BCUT2D eigenvalue weighted by atomic mass is 16.6. The summed E-state index contributed by atoms with van der Waals surface area (Å²) in [7, 11) is 0. The van der Waals surface area contributed by atoms with Crippen LogP contribution in [0.25, 0.3) is 5.69 Å². The molecular formula is C18H16N6O3. The zero-order valence-electron chi connectivity index (χ0n) is 14.4. The number of hydrogen-bond donors (Lipinski definition) is 1. The van der Waals surface area contributed by atoms with Crippen LogP contribution < -0.4 is 14.9 Å². The molecule has 1 atom stereocenters. The molecule has 0 radical (unpaired) electrons. The molecule has 1 aliphatic rings. The Morgan fingerprint density at radius 3 is 2.89 bits per heavy atom. The van der Waals surface area contributed by atoms with Crippen LogP contribution in [-0.4, -0.2) is 44.5 Å². The summed E-state index contributed by atoms with van der Waals surface area (Å²) in [4.78, 5) is 12.3. The number of nitrogens with zero attached hydrogens (tertiary/aromatic N) is 5. The largest absolute Gasteiger partial charge is 0.485 e. The second-order valence-electron chi connectivity index (χ2n) is 5.84. The topological polar surface area (TPSA) is 104 Å². The van der Waals surface area contributed by atoms with E-state index in [0.29, 0.717) is 17.2 Å². The first kappa shape index (κ1) is 16.7. The summed E-state index contributed by atoms with van der Waals surface area (Å²) in [6.45, 7) is 1.93. The molecule has 0 spiro atoms. The van der Waals surface area contributed by atoms with Crippen LogP contribution in [0.5, 0.6) is 11.5 Å². The van der Waals surface area contributed by atoms with Gasteiger partial charge in [0, 0.05) is 0 Å². The minimum Gasteiger partial charge on any atom is -0.485 e. The predicted molar refractivity (Wildman–Crippen MR) is 95.9 cm³/mol. The number of hydrazone groups is 1. The minimum atomic E-state index is -0.760. The number of tetrazole rings is 1. The number of fused-ring (bicyclic) bond motifs is 1. The Labute approximate surface area is 154 Å². The van der Waals surface area contributed by atoms with E-state index < -0.39 is 6.10 Å². The van der Waals surface area contributed by atoms with Gasteiger partial charge in [0.1, 0.15) is 12.9 Å². The highest BCUT2D eigenvalue weighted by molar-refractivity contribution is 5.99. The summed E-state index contributed by atoms with van der Waals surface area (Å²) in [5.41, 5.74) is 4.79. The van der Waals surface area contributed by atoms with Crippen LogP contribution in [0.3, 0.4) is 0 Å². The summed E-state index contributed by atoms with van der Waals surface area (Å²) in [6, 6.07) is 14.7. The van der Waals surface area contributed by atoms with Gasteiger partial charge in [0.05, 0.1) is 11.4 Å². The Balaban J connectivity index is 1.44. The van der Waals surface area contributed by atoms with Gasteiger partial charge in [-0.3, -0.25) is 4.79 Å². The molecule has 1 amide bonds. The molecule has 0 fully saturated rings. The first-order chi connectivity index (χ1) is 13.2. The fourth-order valence-electron chi connectivity index (χ4n) is 2.58. The average Bonchev–Trinajstić information content (AvgIpc) is 3.26. The Hall–Kier alpha value is -3.75. The van der Waals surface area contributed by atoms with Gasteiger partial charge in [-0.05, 0) is 47.2 Å². The molecule has 1 aliphatic heterocycles. The van der Waals surface area contributed by atoms with Gasteiger partial charge < -0.3 is 9.47 Å². The molecule has 27 heavy (non-hydrogen) atoms. The molecule has 1 aromatic heterocycles. The van der Waals surface area contributed by atoms with Crippen molar-refractivity contribution in [2.75, 3.05) is 6.61 Å². The Bertz CT molecular complexity index is 986. The van der Waals surface area contributed by atoms with E-state index in [1.165, 1.54) is 6.33 Å². The van der Waals surface area contributed by atoms with E-state index in [4.69, 9.17) is 9.47 Å². The monoisotopic (exact) mass is 364 g/mol. The molecule has 136 valence electrons. The van der Waals surface area contributed by atoms with Crippen LogP contribution in [0, 0.1) is 0 Å². The van der Waals surface area contributed by atoms with Crippen molar-refractivity contribution >= 4 is 11.6 Å². The van der Waals surface area contributed by atoms with Crippen molar-refractivity contribution in [3.05, 3.63) is 60.4 Å². The van der Waals surface area contributed by atoms with Gasteiger partial charge in [-0.15, -0.1) is 5.10 Å². The van der Waals surface area contributed by atoms with Crippen LogP contribution in [0.2, 0.25) is 0 Å². The first-order valence-electron chi connectivity index (χ1n) is 8.27. The zero-order chi connectivity index (χ0) is 18.6. The minimum absolute atomic E-state index is 0.131. The van der Waals surface area contributed by atoms with Crippen molar-refractivity contribution in [3.8, 4) is 17.2 Å². The lowest BCUT2D eigenvalue weighted by Gasteiger charge is -2.24. The number of hydrogen-bond acceptors (Lipinski definition) is 7.